The number of fused-ring (bicyclic) bond motifs is 3. The summed E-state index contributed by atoms with van der Waals surface area (Å²) in [4.78, 5) is 27.8. The number of carbonyl (C=O) groups is 2. The highest BCUT2D eigenvalue weighted by atomic mass is 16.5. The molecule has 2 aliphatic heterocycles. The fourth-order valence-electron chi connectivity index (χ4n) is 5.00. The molecule has 0 spiro atoms. The molecule has 0 radical (unpaired) electrons. The van der Waals surface area contributed by atoms with Crippen LogP contribution in [-0.2, 0) is 9.53 Å². The molecule has 0 saturated carbocycles. The standard InChI is InChI=1S/C27H25N3O3/c1-26(2,3)24(31)23-22(18-9-11-19(12-10-18)25(32)33-4)27(15-28,16-29)21-14-13-17-7-5-6-8-20(17)30(21)23/h5-14,21-23H,1-4H3/t21-,22-,23+/m1/s1. The summed E-state index contributed by atoms with van der Waals surface area (Å²) in [5, 5.41) is 20.8. The molecule has 0 aromatic heterocycles. The first-order valence-electron chi connectivity index (χ1n) is 10.8. The lowest BCUT2D eigenvalue weighted by molar-refractivity contribution is -0.127. The Labute approximate surface area is 193 Å². The first kappa shape index (κ1) is 22.3. The highest BCUT2D eigenvalue weighted by Crippen LogP contribution is 2.56. The van der Waals surface area contributed by atoms with Crippen molar-refractivity contribution in [2.75, 3.05) is 12.0 Å². The maximum atomic E-state index is 13.9. The van der Waals surface area contributed by atoms with E-state index in [1.807, 2.05) is 62.1 Å². The lowest BCUT2D eigenvalue weighted by Gasteiger charge is -2.37. The van der Waals surface area contributed by atoms with Crippen molar-refractivity contribution in [3.63, 3.8) is 0 Å². The second-order valence-electron chi connectivity index (χ2n) is 9.51. The number of anilines is 1. The number of ketones is 1. The lowest BCUT2D eigenvalue weighted by Crippen LogP contribution is -2.47. The van der Waals surface area contributed by atoms with Crippen LogP contribution >= 0.6 is 0 Å². The van der Waals surface area contributed by atoms with Crippen molar-refractivity contribution in [1.82, 2.24) is 0 Å². The predicted molar refractivity (Wildman–Crippen MR) is 124 cm³/mol. The van der Waals surface area contributed by atoms with Crippen molar-refractivity contribution in [2.24, 2.45) is 10.8 Å². The van der Waals surface area contributed by atoms with E-state index in [2.05, 4.69) is 12.1 Å². The highest BCUT2D eigenvalue weighted by Gasteiger charge is 2.64. The highest BCUT2D eigenvalue weighted by molar-refractivity contribution is 5.96. The summed E-state index contributed by atoms with van der Waals surface area (Å²) in [5.41, 5.74) is 0.593. The number of esters is 1. The van der Waals surface area contributed by atoms with Gasteiger partial charge in [0.1, 0.15) is 0 Å². The molecule has 0 bridgehead atoms. The summed E-state index contributed by atoms with van der Waals surface area (Å²) in [7, 11) is 1.31. The molecule has 3 atom stereocenters. The van der Waals surface area contributed by atoms with Crippen LogP contribution in [0.25, 0.3) is 6.08 Å². The molecule has 2 aromatic rings. The third kappa shape index (κ3) is 3.31. The van der Waals surface area contributed by atoms with E-state index in [1.165, 1.54) is 7.11 Å². The Kier molecular flexibility index (Phi) is 5.34. The molecule has 2 heterocycles. The molecule has 6 nitrogen and oxygen atoms in total. The van der Waals surface area contributed by atoms with Crippen LogP contribution in [0.5, 0.6) is 0 Å². The van der Waals surface area contributed by atoms with Gasteiger partial charge in [0.15, 0.2) is 11.2 Å². The van der Waals surface area contributed by atoms with Gasteiger partial charge >= 0.3 is 5.97 Å². The number of hydrogen-bond acceptors (Lipinski definition) is 6. The fourth-order valence-corrected chi connectivity index (χ4v) is 5.00. The molecule has 6 heteroatoms. The van der Waals surface area contributed by atoms with Crippen LogP contribution in [0.2, 0.25) is 0 Å². The Balaban J connectivity index is 1.97. The molecule has 0 aliphatic carbocycles. The van der Waals surface area contributed by atoms with E-state index in [1.54, 1.807) is 24.3 Å². The first-order valence-corrected chi connectivity index (χ1v) is 10.8. The molecule has 1 fully saturated rings. The van der Waals surface area contributed by atoms with Crippen LogP contribution in [0, 0.1) is 33.5 Å². The Morgan fingerprint density at radius 2 is 1.67 bits per heavy atom. The zero-order valence-electron chi connectivity index (χ0n) is 19.1. The van der Waals surface area contributed by atoms with E-state index in [0.717, 1.165) is 11.3 Å². The molecular formula is C27H25N3O3. The SMILES string of the molecule is COC(=O)c1ccc([C@@H]2[C@@H](C(=O)C(C)(C)C)N3c4ccccc4C=C[C@@H]3C2(C#N)C#N)cc1. The van der Waals surface area contributed by atoms with Crippen LogP contribution in [0.4, 0.5) is 5.69 Å². The number of nitrogens with zero attached hydrogens (tertiary/aromatic N) is 3. The van der Waals surface area contributed by atoms with Gasteiger partial charge in [0.2, 0.25) is 0 Å². The van der Waals surface area contributed by atoms with Gasteiger partial charge in [-0.1, -0.05) is 63.3 Å². The summed E-state index contributed by atoms with van der Waals surface area (Å²) < 4.78 is 4.79. The van der Waals surface area contributed by atoms with Crippen molar-refractivity contribution in [2.45, 2.75) is 38.8 Å². The van der Waals surface area contributed by atoms with E-state index >= 15 is 0 Å². The molecule has 1 saturated heterocycles. The van der Waals surface area contributed by atoms with E-state index in [9.17, 15) is 20.1 Å². The fraction of sp³-hybridized carbons (Fsp3) is 0.333. The Morgan fingerprint density at radius 1 is 1.03 bits per heavy atom. The van der Waals surface area contributed by atoms with Gasteiger partial charge in [0.05, 0.1) is 36.9 Å². The van der Waals surface area contributed by atoms with E-state index in [4.69, 9.17) is 4.74 Å². The molecule has 2 aliphatic rings. The molecule has 4 rings (SSSR count). The Hall–Kier alpha value is -3.90. The van der Waals surface area contributed by atoms with Crippen LogP contribution in [-0.4, -0.2) is 30.9 Å². The van der Waals surface area contributed by atoms with Crippen molar-refractivity contribution in [1.29, 1.82) is 10.5 Å². The van der Waals surface area contributed by atoms with Gasteiger partial charge in [-0.15, -0.1) is 0 Å². The van der Waals surface area contributed by atoms with E-state index in [-0.39, 0.29) is 5.78 Å². The number of ether oxygens (including phenoxy) is 1. The average Bonchev–Trinajstić information content (AvgIpc) is 3.13. The number of Topliss-reactive ketones (excluding diaryl/α,β-unsaturated/α-hetero) is 1. The predicted octanol–water partition coefficient (Wildman–Crippen LogP) is 4.49. The van der Waals surface area contributed by atoms with Crippen LogP contribution < -0.4 is 4.90 Å². The lowest BCUT2D eigenvalue weighted by atomic mass is 9.67. The van der Waals surface area contributed by atoms with Gasteiger partial charge in [0, 0.05) is 17.0 Å². The average molecular weight is 440 g/mol. The molecule has 0 amide bonds. The minimum Gasteiger partial charge on any atom is -0.465 e. The number of nitriles is 2. The Bertz CT molecular complexity index is 1210. The maximum absolute atomic E-state index is 13.9. The summed E-state index contributed by atoms with van der Waals surface area (Å²) in [6.45, 7) is 5.56. The van der Waals surface area contributed by atoms with Crippen molar-refractivity contribution >= 4 is 23.5 Å². The topological polar surface area (TPSA) is 94.2 Å². The zero-order valence-corrected chi connectivity index (χ0v) is 19.1. The molecule has 33 heavy (non-hydrogen) atoms. The van der Waals surface area contributed by atoms with Crippen molar-refractivity contribution in [3.05, 3.63) is 71.3 Å². The van der Waals surface area contributed by atoms with Crippen LogP contribution in [0.1, 0.15) is 48.2 Å². The minimum absolute atomic E-state index is 0.0491. The molecular weight excluding hydrogens is 414 g/mol. The molecule has 0 unspecified atom stereocenters. The number of methoxy groups -OCH3 is 1. The van der Waals surface area contributed by atoms with Gasteiger partial charge in [-0.2, -0.15) is 10.5 Å². The van der Waals surface area contributed by atoms with Gasteiger partial charge in [-0.3, -0.25) is 4.79 Å². The maximum Gasteiger partial charge on any atom is 0.337 e. The van der Waals surface area contributed by atoms with Gasteiger partial charge in [0.25, 0.3) is 0 Å². The van der Waals surface area contributed by atoms with Crippen molar-refractivity contribution in [3.8, 4) is 12.1 Å². The number of hydrogen-bond donors (Lipinski definition) is 0. The summed E-state index contributed by atoms with van der Waals surface area (Å²) in [6, 6.07) is 17.6. The number of carbonyl (C=O) groups excluding carboxylic acids is 2. The molecule has 2 aromatic carbocycles. The quantitative estimate of drug-likeness (QED) is 0.654. The van der Waals surface area contributed by atoms with Gasteiger partial charge in [-0.25, -0.2) is 4.79 Å². The summed E-state index contributed by atoms with van der Waals surface area (Å²) in [6.07, 6.45) is 3.78. The molecule has 0 N–H and O–H groups in total. The van der Waals surface area contributed by atoms with Crippen molar-refractivity contribution < 1.29 is 14.3 Å². The largest absolute Gasteiger partial charge is 0.465 e. The third-order valence-corrected chi connectivity index (χ3v) is 6.61. The van der Waals surface area contributed by atoms with E-state index in [0.29, 0.717) is 11.1 Å². The minimum atomic E-state index is -1.50. The second-order valence-corrected chi connectivity index (χ2v) is 9.51. The van der Waals surface area contributed by atoms with Gasteiger partial charge < -0.3 is 9.64 Å². The smallest absolute Gasteiger partial charge is 0.337 e. The summed E-state index contributed by atoms with van der Waals surface area (Å²) >= 11 is 0. The third-order valence-electron chi connectivity index (χ3n) is 6.61. The Morgan fingerprint density at radius 3 is 2.24 bits per heavy atom. The monoisotopic (exact) mass is 439 g/mol. The zero-order chi connectivity index (χ0) is 24.0. The first-order chi connectivity index (χ1) is 15.7. The van der Waals surface area contributed by atoms with Crippen LogP contribution in [0.3, 0.4) is 0 Å². The molecule has 166 valence electrons. The van der Waals surface area contributed by atoms with Gasteiger partial charge in [-0.05, 0) is 29.3 Å². The second kappa shape index (κ2) is 7.90. The normalized spacial score (nSPS) is 22.5. The van der Waals surface area contributed by atoms with E-state index < -0.39 is 34.8 Å². The number of para-hydroxylation sites is 1. The summed E-state index contributed by atoms with van der Waals surface area (Å²) in [5.74, 6) is -1.24. The number of benzene rings is 2. The number of rotatable bonds is 3. The van der Waals surface area contributed by atoms with Crippen LogP contribution in [0.15, 0.2) is 54.6 Å².